The minimum Gasteiger partial charge on any atom is -0.481 e. The highest BCUT2D eigenvalue weighted by Crippen LogP contribution is 2.25. The Balaban J connectivity index is 1.70. The molecule has 2 aromatic heterocycles. The minimum absolute atomic E-state index is 0.638. The molecule has 3 rings (SSSR count). The number of benzene rings is 1. The van der Waals surface area contributed by atoms with E-state index in [-0.39, 0.29) is 0 Å². The van der Waals surface area contributed by atoms with Crippen LogP contribution in [-0.2, 0) is 13.1 Å². The van der Waals surface area contributed by atoms with Gasteiger partial charge in [0.2, 0.25) is 5.88 Å². The molecule has 0 unspecified atom stereocenters. The van der Waals surface area contributed by atoms with Crippen molar-refractivity contribution in [2.75, 3.05) is 7.11 Å². The largest absolute Gasteiger partial charge is 0.481 e. The molecule has 3 aromatic rings. The molecule has 1 aromatic carbocycles. The molecule has 2 heterocycles. The number of para-hydroxylation sites is 1. The molecule has 0 atom stereocenters. The molecule has 0 saturated heterocycles. The van der Waals surface area contributed by atoms with Crippen molar-refractivity contribution in [2.24, 2.45) is 0 Å². The van der Waals surface area contributed by atoms with E-state index in [4.69, 9.17) is 9.15 Å². The number of fused-ring (bicyclic) bond motifs is 1. The molecule has 0 spiro atoms. The van der Waals surface area contributed by atoms with Crippen molar-refractivity contribution < 1.29 is 9.15 Å². The van der Waals surface area contributed by atoms with Crippen LogP contribution in [0.4, 0.5) is 0 Å². The summed E-state index contributed by atoms with van der Waals surface area (Å²) in [5.74, 6) is 1.61. The van der Waals surface area contributed by atoms with Gasteiger partial charge in [0.25, 0.3) is 0 Å². The lowest BCUT2D eigenvalue weighted by atomic mass is 10.1. The quantitative estimate of drug-likeness (QED) is 0.778. The molecule has 0 amide bonds. The number of nitrogens with zero attached hydrogens (tertiary/aromatic N) is 1. The predicted molar refractivity (Wildman–Crippen MR) is 82.3 cm³/mol. The molecule has 0 saturated carbocycles. The summed E-state index contributed by atoms with van der Waals surface area (Å²) in [6, 6.07) is 12.0. The van der Waals surface area contributed by atoms with Gasteiger partial charge in [-0.25, -0.2) is 4.98 Å². The van der Waals surface area contributed by atoms with Gasteiger partial charge in [-0.3, -0.25) is 0 Å². The van der Waals surface area contributed by atoms with Crippen LogP contribution in [-0.4, -0.2) is 12.1 Å². The normalized spacial score (nSPS) is 11.0. The summed E-state index contributed by atoms with van der Waals surface area (Å²) in [7, 11) is 1.63. The number of hydrogen-bond acceptors (Lipinski definition) is 4. The molecule has 21 heavy (non-hydrogen) atoms. The Morgan fingerprint density at radius 3 is 2.90 bits per heavy atom. The van der Waals surface area contributed by atoms with Crippen molar-refractivity contribution in [3.05, 3.63) is 59.5 Å². The van der Waals surface area contributed by atoms with Gasteiger partial charge in [0, 0.05) is 36.3 Å². The van der Waals surface area contributed by atoms with Crippen LogP contribution >= 0.6 is 0 Å². The summed E-state index contributed by atoms with van der Waals surface area (Å²) >= 11 is 0. The van der Waals surface area contributed by atoms with Gasteiger partial charge in [0.1, 0.15) is 11.3 Å². The second-order valence-electron chi connectivity index (χ2n) is 4.94. The monoisotopic (exact) mass is 282 g/mol. The Labute approximate surface area is 123 Å². The molecule has 1 N–H and O–H groups in total. The zero-order chi connectivity index (χ0) is 14.7. The molecule has 0 aliphatic carbocycles. The molecule has 4 nitrogen and oxygen atoms in total. The summed E-state index contributed by atoms with van der Waals surface area (Å²) in [6.07, 6.45) is 1.76. The van der Waals surface area contributed by atoms with E-state index in [1.54, 1.807) is 13.3 Å². The maximum Gasteiger partial charge on any atom is 0.213 e. The first-order valence-corrected chi connectivity index (χ1v) is 6.94. The molecule has 0 bridgehead atoms. The van der Waals surface area contributed by atoms with Gasteiger partial charge >= 0.3 is 0 Å². The fraction of sp³-hybridized carbons (Fsp3) is 0.235. The summed E-state index contributed by atoms with van der Waals surface area (Å²) < 4.78 is 10.9. The highest BCUT2D eigenvalue weighted by Gasteiger charge is 2.09. The van der Waals surface area contributed by atoms with Crippen molar-refractivity contribution in [3.63, 3.8) is 0 Å². The first kappa shape index (κ1) is 13.6. The maximum atomic E-state index is 5.77. The minimum atomic E-state index is 0.638. The molecule has 108 valence electrons. The van der Waals surface area contributed by atoms with Gasteiger partial charge in [-0.2, -0.15) is 0 Å². The average Bonchev–Trinajstić information content (AvgIpc) is 2.83. The Morgan fingerprint density at radius 2 is 2.05 bits per heavy atom. The van der Waals surface area contributed by atoms with Gasteiger partial charge in [-0.1, -0.05) is 18.2 Å². The number of methoxy groups -OCH3 is 1. The van der Waals surface area contributed by atoms with E-state index in [9.17, 15) is 0 Å². The SMILES string of the molecule is COc1cc(CNCc2c(C)oc3ccccc23)ccn1. The first-order valence-electron chi connectivity index (χ1n) is 6.94. The maximum absolute atomic E-state index is 5.77. The third kappa shape index (κ3) is 2.90. The highest BCUT2D eigenvalue weighted by molar-refractivity contribution is 5.82. The number of ether oxygens (including phenoxy) is 1. The Bertz CT molecular complexity index is 749. The zero-order valence-electron chi connectivity index (χ0n) is 12.2. The Morgan fingerprint density at radius 1 is 1.19 bits per heavy atom. The standard InChI is InChI=1S/C17H18N2O2/c1-12-15(14-5-3-4-6-16(14)21-12)11-18-10-13-7-8-19-17(9-13)20-2/h3-9,18H,10-11H2,1-2H3. The van der Waals surface area contributed by atoms with Crippen molar-refractivity contribution in [1.82, 2.24) is 10.3 Å². The summed E-state index contributed by atoms with van der Waals surface area (Å²) in [4.78, 5) is 4.11. The average molecular weight is 282 g/mol. The van der Waals surface area contributed by atoms with Crippen LogP contribution < -0.4 is 10.1 Å². The van der Waals surface area contributed by atoms with E-state index in [0.717, 1.165) is 30.0 Å². The lowest BCUT2D eigenvalue weighted by molar-refractivity contribution is 0.397. The summed E-state index contributed by atoms with van der Waals surface area (Å²) in [5, 5.41) is 4.62. The predicted octanol–water partition coefficient (Wildman–Crippen LogP) is 3.43. The molecular weight excluding hydrogens is 264 g/mol. The van der Waals surface area contributed by atoms with E-state index >= 15 is 0 Å². The van der Waals surface area contributed by atoms with Crippen molar-refractivity contribution >= 4 is 11.0 Å². The van der Waals surface area contributed by atoms with Gasteiger partial charge in [0.05, 0.1) is 7.11 Å². The number of pyridine rings is 1. The Kier molecular flexibility index (Phi) is 3.88. The second-order valence-corrected chi connectivity index (χ2v) is 4.94. The third-order valence-electron chi connectivity index (χ3n) is 3.54. The number of hydrogen-bond donors (Lipinski definition) is 1. The summed E-state index contributed by atoms with van der Waals surface area (Å²) in [6.45, 7) is 3.54. The van der Waals surface area contributed by atoms with Crippen LogP contribution in [0.15, 0.2) is 47.0 Å². The zero-order valence-corrected chi connectivity index (χ0v) is 12.2. The fourth-order valence-corrected chi connectivity index (χ4v) is 2.44. The van der Waals surface area contributed by atoms with Crippen LogP contribution in [0.1, 0.15) is 16.9 Å². The Hall–Kier alpha value is -2.33. The van der Waals surface area contributed by atoms with E-state index in [2.05, 4.69) is 16.4 Å². The number of nitrogens with one attached hydrogen (secondary N) is 1. The van der Waals surface area contributed by atoms with Crippen LogP contribution in [0, 0.1) is 6.92 Å². The molecule has 0 aliphatic rings. The van der Waals surface area contributed by atoms with Crippen LogP contribution in [0.25, 0.3) is 11.0 Å². The number of aryl methyl sites for hydroxylation is 1. The second kappa shape index (κ2) is 5.97. The smallest absolute Gasteiger partial charge is 0.213 e. The number of furan rings is 1. The van der Waals surface area contributed by atoms with E-state index < -0.39 is 0 Å². The van der Waals surface area contributed by atoms with Crippen molar-refractivity contribution in [2.45, 2.75) is 20.0 Å². The highest BCUT2D eigenvalue weighted by atomic mass is 16.5. The topological polar surface area (TPSA) is 47.3 Å². The number of aromatic nitrogens is 1. The number of rotatable bonds is 5. The molecule has 0 aliphatic heterocycles. The van der Waals surface area contributed by atoms with E-state index in [1.807, 2.05) is 37.3 Å². The van der Waals surface area contributed by atoms with Gasteiger partial charge in [-0.05, 0) is 24.6 Å². The molecule has 0 fully saturated rings. The molecule has 0 radical (unpaired) electrons. The van der Waals surface area contributed by atoms with Crippen LogP contribution in [0.3, 0.4) is 0 Å². The lowest BCUT2D eigenvalue weighted by Gasteiger charge is -2.06. The van der Waals surface area contributed by atoms with E-state index in [1.165, 1.54) is 10.9 Å². The molecule has 4 heteroatoms. The summed E-state index contributed by atoms with van der Waals surface area (Å²) in [5.41, 5.74) is 3.30. The lowest BCUT2D eigenvalue weighted by Crippen LogP contribution is -2.13. The third-order valence-corrected chi connectivity index (χ3v) is 3.54. The van der Waals surface area contributed by atoms with Crippen LogP contribution in [0.5, 0.6) is 5.88 Å². The van der Waals surface area contributed by atoms with Crippen LogP contribution in [0.2, 0.25) is 0 Å². The van der Waals surface area contributed by atoms with Gasteiger partial charge in [0.15, 0.2) is 0 Å². The van der Waals surface area contributed by atoms with Crippen molar-refractivity contribution in [1.29, 1.82) is 0 Å². The van der Waals surface area contributed by atoms with Crippen molar-refractivity contribution in [3.8, 4) is 5.88 Å². The fourth-order valence-electron chi connectivity index (χ4n) is 2.44. The molecular formula is C17H18N2O2. The van der Waals surface area contributed by atoms with Gasteiger partial charge < -0.3 is 14.5 Å². The van der Waals surface area contributed by atoms with Gasteiger partial charge in [-0.15, -0.1) is 0 Å². The van der Waals surface area contributed by atoms with E-state index in [0.29, 0.717) is 5.88 Å². The first-order chi connectivity index (χ1) is 10.3.